The predicted molar refractivity (Wildman–Crippen MR) is 103 cm³/mol. The summed E-state index contributed by atoms with van der Waals surface area (Å²) in [5, 5.41) is 2.62. The number of aliphatic imine (C=N–C) groups is 1. The standard InChI is InChI=1S/C16H22F3N3O3.HI/c17-16(18,19)25-14-5-2-1-4-13(14)22-15(20)21-8-3-9-24-12-6-10-23-11-7-12;/h1-2,4-5,12H,3,6-11H2,(H3,20,21,22);1H. The van der Waals surface area contributed by atoms with Crippen molar-refractivity contribution < 1.29 is 27.4 Å². The molecule has 0 saturated carbocycles. The van der Waals surface area contributed by atoms with E-state index in [1.165, 1.54) is 18.2 Å². The van der Waals surface area contributed by atoms with E-state index in [9.17, 15) is 13.2 Å². The van der Waals surface area contributed by atoms with Gasteiger partial charge in [-0.25, -0.2) is 0 Å². The van der Waals surface area contributed by atoms with Gasteiger partial charge in [0.1, 0.15) is 0 Å². The van der Waals surface area contributed by atoms with Gasteiger partial charge in [-0.05, 0) is 31.4 Å². The number of para-hydroxylation sites is 2. The molecule has 1 aromatic rings. The molecule has 2 rings (SSSR count). The zero-order chi connectivity index (χ0) is 18.1. The quantitative estimate of drug-likeness (QED) is 0.265. The van der Waals surface area contributed by atoms with E-state index in [4.69, 9.17) is 15.2 Å². The molecule has 0 atom stereocenters. The first-order chi connectivity index (χ1) is 11.9. The molecule has 0 unspecified atom stereocenters. The van der Waals surface area contributed by atoms with Crippen LogP contribution in [0.25, 0.3) is 0 Å². The average molecular weight is 489 g/mol. The van der Waals surface area contributed by atoms with Crippen LogP contribution in [0.5, 0.6) is 5.75 Å². The van der Waals surface area contributed by atoms with Crippen LogP contribution in [0.2, 0.25) is 0 Å². The van der Waals surface area contributed by atoms with Gasteiger partial charge < -0.3 is 25.3 Å². The number of hydrogen-bond acceptors (Lipinski definition) is 4. The van der Waals surface area contributed by atoms with Gasteiger partial charge in [-0.2, -0.15) is 0 Å². The summed E-state index contributed by atoms with van der Waals surface area (Å²) in [6.07, 6.45) is -2.10. The van der Waals surface area contributed by atoms with Crippen molar-refractivity contribution in [3.05, 3.63) is 24.3 Å². The first kappa shape index (κ1) is 22.8. The number of nitrogens with zero attached hydrogens (tertiary/aromatic N) is 1. The van der Waals surface area contributed by atoms with Crippen LogP contribution in [-0.2, 0) is 9.47 Å². The molecule has 1 aliphatic heterocycles. The second-order valence-corrected chi connectivity index (χ2v) is 5.47. The molecule has 10 heteroatoms. The number of hydrogen-bond donors (Lipinski definition) is 2. The van der Waals surface area contributed by atoms with Gasteiger partial charge >= 0.3 is 6.36 Å². The smallest absolute Gasteiger partial charge is 0.404 e. The van der Waals surface area contributed by atoms with Gasteiger partial charge in [0.05, 0.1) is 11.8 Å². The van der Waals surface area contributed by atoms with Crippen molar-refractivity contribution in [3.63, 3.8) is 0 Å². The fraction of sp³-hybridized carbons (Fsp3) is 0.562. The number of alkyl halides is 3. The van der Waals surface area contributed by atoms with Crippen molar-refractivity contribution in [3.8, 4) is 5.75 Å². The molecule has 0 bridgehead atoms. The van der Waals surface area contributed by atoms with Gasteiger partial charge in [-0.15, -0.1) is 37.1 Å². The summed E-state index contributed by atoms with van der Waals surface area (Å²) < 4.78 is 52.0. The second-order valence-electron chi connectivity index (χ2n) is 5.47. The van der Waals surface area contributed by atoms with Gasteiger partial charge in [0.15, 0.2) is 11.7 Å². The molecule has 0 aliphatic carbocycles. The molecule has 3 N–H and O–H groups in total. The zero-order valence-electron chi connectivity index (χ0n) is 14.1. The van der Waals surface area contributed by atoms with E-state index in [0.29, 0.717) is 19.6 Å². The third-order valence-electron chi connectivity index (χ3n) is 3.48. The Morgan fingerprint density at radius 3 is 2.65 bits per heavy atom. The maximum Gasteiger partial charge on any atom is 0.573 e. The van der Waals surface area contributed by atoms with Crippen LogP contribution in [0.15, 0.2) is 29.3 Å². The summed E-state index contributed by atoms with van der Waals surface area (Å²) >= 11 is 0. The maximum atomic E-state index is 12.4. The average Bonchev–Trinajstić information content (AvgIpc) is 2.56. The molecule has 0 aromatic heterocycles. The molecule has 148 valence electrons. The van der Waals surface area contributed by atoms with Crippen molar-refractivity contribution in [1.29, 1.82) is 0 Å². The molecule has 26 heavy (non-hydrogen) atoms. The summed E-state index contributed by atoms with van der Waals surface area (Å²) in [5.74, 6) is -0.347. The molecule has 0 spiro atoms. The lowest BCUT2D eigenvalue weighted by atomic mass is 10.1. The number of halogens is 4. The number of nitrogens with one attached hydrogen (secondary N) is 1. The first-order valence-corrected chi connectivity index (χ1v) is 8.05. The van der Waals surface area contributed by atoms with Gasteiger partial charge in [0, 0.05) is 26.4 Å². The van der Waals surface area contributed by atoms with Gasteiger partial charge in [-0.1, -0.05) is 12.1 Å². The van der Waals surface area contributed by atoms with E-state index in [-0.39, 0.29) is 47.5 Å². The van der Waals surface area contributed by atoms with E-state index < -0.39 is 6.36 Å². The lowest BCUT2D eigenvalue weighted by Crippen LogP contribution is -2.25. The molecule has 1 aromatic carbocycles. The molecule has 1 fully saturated rings. The number of ether oxygens (including phenoxy) is 3. The Morgan fingerprint density at radius 1 is 1.27 bits per heavy atom. The molecule has 0 amide bonds. The van der Waals surface area contributed by atoms with Gasteiger partial charge in [0.25, 0.3) is 0 Å². The minimum absolute atomic E-state index is 0. The predicted octanol–water partition coefficient (Wildman–Crippen LogP) is 3.52. The summed E-state index contributed by atoms with van der Waals surface area (Å²) in [4.78, 5) is 4.08. The molecule has 6 nitrogen and oxygen atoms in total. The van der Waals surface area contributed by atoms with Crippen LogP contribution in [0.4, 0.5) is 18.9 Å². The fourth-order valence-electron chi connectivity index (χ4n) is 2.32. The topological polar surface area (TPSA) is 78.1 Å². The minimum Gasteiger partial charge on any atom is -0.404 e. The van der Waals surface area contributed by atoms with Crippen LogP contribution in [0, 0.1) is 0 Å². The molecular formula is C16H23F3IN3O3. The Balaban J connectivity index is 0.00000338. The third kappa shape index (κ3) is 8.90. The Bertz CT molecular complexity index is 567. The van der Waals surface area contributed by atoms with E-state index in [1.807, 2.05) is 0 Å². The van der Waals surface area contributed by atoms with E-state index in [0.717, 1.165) is 26.1 Å². The normalized spacial score (nSPS) is 16.0. The first-order valence-electron chi connectivity index (χ1n) is 8.05. The van der Waals surface area contributed by atoms with Crippen LogP contribution in [-0.4, -0.2) is 44.8 Å². The fourth-order valence-corrected chi connectivity index (χ4v) is 2.32. The van der Waals surface area contributed by atoms with Crippen LogP contribution in [0.3, 0.4) is 0 Å². The summed E-state index contributed by atoms with van der Waals surface area (Å²) in [5.41, 5.74) is 5.80. The highest BCUT2D eigenvalue weighted by molar-refractivity contribution is 14.0. The summed E-state index contributed by atoms with van der Waals surface area (Å²) in [7, 11) is 0. The minimum atomic E-state index is -4.77. The van der Waals surface area contributed by atoms with E-state index >= 15 is 0 Å². The number of guanidine groups is 1. The number of nitrogens with two attached hydrogens (primary N) is 1. The second kappa shape index (κ2) is 11.4. The molecule has 0 radical (unpaired) electrons. The SMILES string of the molecule is I.NC(=NCCCOC1CCOCC1)Nc1ccccc1OC(F)(F)F. The Morgan fingerprint density at radius 2 is 1.96 bits per heavy atom. The lowest BCUT2D eigenvalue weighted by Gasteiger charge is -2.22. The van der Waals surface area contributed by atoms with Gasteiger partial charge in [0.2, 0.25) is 0 Å². The van der Waals surface area contributed by atoms with Crippen molar-refractivity contribution in [2.45, 2.75) is 31.7 Å². The van der Waals surface area contributed by atoms with Crippen LogP contribution < -0.4 is 15.8 Å². The summed E-state index contributed by atoms with van der Waals surface area (Å²) in [6.45, 7) is 2.40. The molecule has 1 saturated heterocycles. The van der Waals surface area contributed by atoms with Crippen LogP contribution >= 0.6 is 24.0 Å². The number of benzene rings is 1. The number of anilines is 1. The van der Waals surface area contributed by atoms with E-state index in [1.54, 1.807) is 6.07 Å². The molecule has 1 aliphatic rings. The largest absolute Gasteiger partial charge is 0.573 e. The van der Waals surface area contributed by atoms with Crippen molar-refractivity contribution >= 4 is 35.6 Å². The van der Waals surface area contributed by atoms with Crippen molar-refractivity contribution in [1.82, 2.24) is 0 Å². The highest BCUT2D eigenvalue weighted by Crippen LogP contribution is 2.29. The number of rotatable bonds is 7. The van der Waals surface area contributed by atoms with Gasteiger partial charge in [-0.3, -0.25) is 4.99 Å². The third-order valence-corrected chi connectivity index (χ3v) is 3.48. The highest BCUT2D eigenvalue weighted by Gasteiger charge is 2.32. The van der Waals surface area contributed by atoms with Crippen molar-refractivity contribution in [2.24, 2.45) is 10.7 Å². The Hall–Kier alpha value is -1.27. The van der Waals surface area contributed by atoms with Crippen molar-refractivity contribution in [2.75, 3.05) is 31.7 Å². The Kier molecular flexibility index (Phi) is 10.0. The lowest BCUT2D eigenvalue weighted by molar-refractivity contribution is -0.274. The van der Waals surface area contributed by atoms with Crippen LogP contribution in [0.1, 0.15) is 19.3 Å². The molecule has 1 heterocycles. The Labute approximate surface area is 167 Å². The van der Waals surface area contributed by atoms with E-state index in [2.05, 4.69) is 15.0 Å². The molecular weight excluding hydrogens is 466 g/mol. The maximum absolute atomic E-state index is 12.4. The summed E-state index contributed by atoms with van der Waals surface area (Å²) in [6, 6.07) is 5.64. The zero-order valence-corrected chi connectivity index (χ0v) is 16.5. The monoisotopic (exact) mass is 489 g/mol. The highest BCUT2D eigenvalue weighted by atomic mass is 127.